The predicted octanol–water partition coefficient (Wildman–Crippen LogP) is -0.126. The van der Waals surface area contributed by atoms with E-state index in [4.69, 9.17) is 15.6 Å². The minimum atomic E-state index is -1.10. The van der Waals surface area contributed by atoms with E-state index in [1.165, 1.54) is 6.08 Å². The van der Waals surface area contributed by atoms with E-state index in [0.717, 1.165) is 13.1 Å². The van der Waals surface area contributed by atoms with Crippen molar-refractivity contribution in [3.63, 3.8) is 0 Å². The van der Waals surface area contributed by atoms with Crippen molar-refractivity contribution in [2.75, 3.05) is 33.2 Å². The molecule has 4 atom stereocenters. The van der Waals surface area contributed by atoms with Gasteiger partial charge in [0, 0.05) is 26.2 Å². The predicted molar refractivity (Wildman–Crippen MR) is 112 cm³/mol. The molecule has 3 unspecified atom stereocenters. The lowest BCUT2D eigenvalue weighted by Crippen LogP contribution is -2.52. The Kier molecular flexibility index (Phi) is 7.42. The number of rotatable bonds is 6. The van der Waals surface area contributed by atoms with Crippen LogP contribution in [0.2, 0.25) is 0 Å². The van der Waals surface area contributed by atoms with E-state index in [9.17, 15) is 19.5 Å². The summed E-state index contributed by atoms with van der Waals surface area (Å²) in [5.41, 5.74) is 6.23. The summed E-state index contributed by atoms with van der Waals surface area (Å²) in [6.07, 6.45) is 2.67. The molecule has 1 heterocycles. The fraction of sp³-hybridized carbons (Fsp3) is 0.500. The van der Waals surface area contributed by atoms with E-state index >= 15 is 0 Å². The number of hydrogen-bond acceptors (Lipinski definition) is 7. The molecule has 9 nitrogen and oxygen atoms in total. The highest BCUT2D eigenvalue weighted by molar-refractivity contribution is 5.87. The zero-order valence-corrected chi connectivity index (χ0v) is 17.5. The van der Waals surface area contributed by atoms with Crippen molar-refractivity contribution in [3.05, 3.63) is 42.0 Å². The molecule has 0 bridgehead atoms. The van der Waals surface area contributed by atoms with Crippen LogP contribution in [-0.4, -0.2) is 83.2 Å². The monoisotopic (exact) mass is 431 g/mol. The molecule has 1 aliphatic carbocycles. The first-order valence-electron chi connectivity index (χ1n) is 10.4. The third-order valence-electron chi connectivity index (χ3n) is 5.84. The number of allylic oxidation sites excluding steroid dienone is 1. The smallest absolute Gasteiger partial charge is 0.320 e. The Morgan fingerprint density at radius 2 is 1.81 bits per heavy atom. The Balaban J connectivity index is 1.67. The lowest BCUT2D eigenvalue weighted by Gasteiger charge is -2.37. The van der Waals surface area contributed by atoms with Gasteiger partial charge in [-0.1, -0.05) is 24.3 Å². The van der Waals surface area contributed by atoms with Gasteiger partial charge >= 0.3 is 11.9 Å². The average molecular weight is 431 g/mol. The van der Waals surface area contributed by atoms with Crippen molar-refractivity contribution in [1.82, 2.24) is 9.80 Å². The summed E-state index contributed by atoms with van der Waals surface area (Å²) in [4.78, 5) is 40.7. The Hall–Kier alpha value is -2.75. The number of nitrogens with zero attached hydrogens (tertiary/aromatic N) is 2. The standard InChI is InChI=1S/C22H29N3O6/c1-24-9-11-25(12-10-24)20(27)16-3-2-4-18(26)19(16)22(30)31-15-7-5-14(6-8-15)13-17(23)21(28)29/h2,4-8,16-19,26H,3,9-13,23H2,1H3,(H,28,29)/t16?,17?,18-,19?/m1/s1. The summed E-state index contributed by atoms with van der Waals surface area (Å²) in [6.45, 7) is 2.72. The number of aliphatic hydroxyl groups is 1. The Labute approximate surface area is 181 Å². The number of nitrogens with two attached hydrogens (primary N) is 1. The molecule has 9 heteroatoms. The largest absolute Gasteiger partial charge is 0.480 e. The van der Waals surface area contributed by atoms with Crippen LogP contribution in [0.1, 0.15) is 12.0 Å². The van der Waals surface area contributed by atoms with Gasteiger partial charge in [0.05, 0.1) is 17.9 Å². The highest BCUT2D eigenvalue weighted by atomic mass is 16.5. The number of aliphatic hydroxyl groups excluding tert-OH is 1. The Morgan fingerprint density at radius 1 is 1.16 bits per heavy atom. The molecule has 0 spiro atoms. The third kappa shape index (κ3) is 5.69. The number of aliphatic carboxylic acids is 1. The number of ether oxygens (including phenoxy) is 1. The lowest BCUT2D eigenvalue weighted by molar-refractivity contribution is -0.153. The molecule has 2 aliphatic rings. The number of carboxylic acids is 1. The summed E-state index contributed by atoms with van der Waals surface area (Å²) in [5, 5.41) is 19.3. The van der Waals surface area contributed by atoms with Crippen LogP contribution in [0.4, 0.5) is 0 Å². The van der Waals surface area contributed by atoms with Gasteiger partial charge in [0.25, 0.3) is 0 Å². The van der Waals surface area contributed by atoms with Gasteiger partial charge in [-0.25, -0.2) is 0 Å². The molecule has 0 radical (unpaired) electrons. The van der Waals surface area contributed by atoms with Gasteiger partial charge in [0.15, 0.2) is 0 Å². The maximum atomic E-state index is 13.1. The highest BCUT2D eigenvalue weighted by Gasteiger charge is 2.42. The van der Waals surface area contributed by atoms with E-state index in [0.29, 0.717) is 25.1 Å². The number of carbonyl (C=O) groups excluding carboxylic acids is 2. The summed E-state index contributed by atoms with van der Waals surface area (Å²) in [6, 6.07) is 5.35. The zero-order chi connectivity index (χ0) is 22.5. The van der Waals surface area contributed by atoms with Crippen LogP contribution in [0.5, 0.6) is 5.75 Å². The van der Waals surface area contributed by atoms with Crippen molar-refractivity contribution in [2.24, 2.45) is 17.6 Å². The second-order valence-electron chi connectivity index (χ2n) is 8.13. The first-order valence-corrected chi connectivity index (χ1v) is 10.4. The maximum absolute atomic E-state index is 13.1. The van der Waals surface area contributed by atoms with Gasteiger partial charge in [-0.05, 0) is 37.6 Å². The Bertz CT molecular complexity index is 832. The molecule has 1 saturated heterocycles. The quantitative estimate of drug-likeness (QED) is 0.322. The van der Waals surface area contributed by atoms with Crippen molar-refractivity contribution in [3.8, 4) is 5.75 Å². The van der Waals surface area contributed by atoms with E-state index in [1.54, 1.807) is 35.2 Å². The van der Waals surface area contributed by atoms with Crippen molar-refractivity contribution >= 4 is 17.8 Å². The van der Waals surface area contributed by atoms with Crippen LogP contribution in [0, 0.1) is 11.8 Å². The van der Waals surface area contributed by atoms with Crippen LogP contribution >= 0.6 is 0 Å². The molecule has 0 saturated carbocycles. The van der Waals surface area contributed by atoms with E-state index < -0.39 is 35.9 Å². The Morgan fingerprint density at radius 3 is 2.42 bits per heavy atom. The normalized spacial score (nSPS) is 25.1. The lowest BCUT2D eigenvalue weighted by atomic mass is 9.80. The number of likely N-dealkylation sites (N-methyl/N-ethyl adjacent to an activating group) is 1. The number of hydrogen-bond donors (Lipinski definition) is 3. The molecule has 1 aliphatic heterocycles. The number of esters is 1. The van der Waals surface area contributed by atoms with Gasteiger partial charge in [0.1, 0.15) is 11.8 Å². The maximum Gasteiger partial charge on any atom is 0.320 e. The zero-order valence-electron chi connectivity index (χ0n) is 17.5. The minimum Gasteiger partial charge on any atom is -0.480 e. The van der Waals surface area contributed by atoms with Gasteiger partial charge in [-0.3, -0.25) is 14.4 Å². The third-order valence-corrected chi connectivity index (χ3v) is 5.84. The van der Waals surface area contributed by atoms with Crippen LogP contribution < -0.4 is 10.5 Å². The fourth-order valence-corrected chi connectivity index (χ4v) is 3.91. The molecule has 168 valence electrons. The first kappa shape index (κ1) is 22.9. The van der Waals surface area contributed by atoms with Crippen LogP contribution in [0.15, 0.2) is 36.4 Å². The first-order chi connectivity index (χ1) is 14.8. The molecule has 1 fully saturated rings. The van der Waals surface area contributed by atoms with Crippen LogP contribution in [0.3, 0.4) is 0 Å². The molecule has 1 aromatic carbocycles. The van der Waals surface area contributed by atoms with Crippen LogP contribution in [0.25, 0.3) is 0 Å². The second-order valence-corrected chi connectivity index (χ2v) is 8.13. The topological polar surface area (TPSA) is 133 Å². The van der Waals surface area contributed by atoms with Gasteiger partial charge in [-0.2, -0.15) is 0 Å². The summed E-state index contributed by atoms with van der Waals surface area (Å²) in [7, 11) is 2.00. The van der Waals surface area contributed by atoms with Gasteiger partial charge in [0.2, 0.25) is 5.91 Å². The van der Waals surface area contributed by atoms with Crippen LogP contribution in [-0.2, 0) is 20.8 Å². The number of carbonyl (C=O) groups is 3. The molecule has 1 aromatic rings. The molecule has 1 amide bonds. The van der Waals surface area contributed by atoms with Crippen molar-refractivity contribution in [1.29, 1.82) is 0 Å². The molecular formula is C22H29N3O6. The van der Waals surface area contributed by atoms with Crippen molar-refractivity contribution in [2.45, 2.75) is 25.0 Å². The van der Waals surface area contributed by atoms with Gasteiger partial charge < -0.3 is 30.5 Å². The fourth-order valence-electron chi connectivity index (χ4n) is 3.91. The van der Waals surface area contributed by atoms with E-state index in [2.05, 4.69) is 4.90 Å². The number of piperazine rings is 1. The van der Waals surface area contributed by atoms with Gasteiger partial charge in [-0.15, -0.1) is 0 Å². The molecular weight excluding hydrogens is 402 g/mol. The second kappa shape index (κ2) is 10.0. The van der Waals surface area contributed by atoms with Crippen molar-refractivity contribution < 1.29 is 29.3 Å². The number of benzene rings is 1. The SMILES string of the molecule is CN1CCN(C(=O)C2CC=C[C@@H](O)C2C(=O)Oc2ccc(CC(N)C(=O)O)cc2)CC1. The minimum absolute atomic E-state index is 0.142. The molecule has 0 aromatic heterocycles. The highest BCUT2D eigenvalue weighted by Crippen LogP contribution is 2.30. The molecule has 3 rings (SSSR count). The summed E-state index contributed by atoms with van der Waals surface area (Å²) >= 11 is 0. The molecule has 4 N–H and O–H groups in total. The number of amides is 1. The summed E-state index contributed by atoms with van der Waals surface area (Å²) in [5.74, 6) is -3.31. The molecule has 31 heavy (non-hydrogen) atoms. The number of carboxylic acid groups (broad SMARTS) is 1. The summed E-state index contributed by atoms with van der Waals surface area (Å²) < 4.78 is 5.46. The van der Waals surface area contributed by atoms with E-state index in [-0.39, 0.29) is 18.1 Å². The van der Waals surface area contributed by atoms with E-state index in [1.807, 2.05) is 7.05 Å². The average Bonchev–Trinajstić information content (AvgIpc) is 2.74.